The van der Waals surface area contributed by atoms with Gasteiger partial charge >= 0.3 is 0 Å². The second-order valence-corrected chi connectivity index (χ2v) is 8.27. The van der Waals surface area contributed by atoms with Gasteiger partial charge in [-0.3, -0.25) is 9.59 Å². The first-order valence-corrected chi connectivity index (χ1v) is 9.67. The molecule has 0 aliphatic rings. The van der Waals surface area contributed by atoms with Crippen LogP contribution in [0.25, 0.3) is 0 Å². The van der Waals surface area contributed by atoms with Gasteiger partial charge in [0, 0.05) is 28.2 Å². The van der Waals surface area contributed by atoms with E-state index in [-0.39, 0.29) is 36.5 Å². The standard InChI is InChI=1S/C21H27NO3S/c1-13(2)21(16-6-8-17(25-5)9-7-16)22-20(24)11-10-19(23)18-12-14(3)26-15(18)4/h6-9,12-13,21H,10-11H2,1-5H3,(H,22,24). The molecule has 26 heavy (non-hydrogen) atoms. The Morgan fingerprint density at radius 3 is 2.27 bits per heavy atom. The molecule has 5 heteroatoms. The zero-order valence-electron chi connectivity index (χ0n) is 16.1. The fourth-order valence-corrected chi connectivity index (χ4v) is 3.90. The summed E-state index contributed by atoms with van der Waals surface area (Å²) in [5.41, 5.74) is 1.78. The van der Waals surface area contributed by atoms with Crippen LogP contribution >= 0.6 is 11.3 Å². The number of ether oxygens (including phenoxy) is 1. The van der Waals surface area contributed by atoms with Crippen LogP contribution in [0.4, 0.5) is 0 Å². The van der Waals surface area contributed by atoms with E-state index in [1.54, 1.807) is 18.4 Å². The highest BCUT2D eigenvalue weighted by atomic mass is 32.1. The van der Waals surface area contributed by atoms with Gasteiger partial charge in [0.1, 0.15) is 5.75 Å². The summed E-state index contributed by atoms with van der Waals surface area (Å²) in [5, 5.41) is 3.07. The summed E-state index contributed by atoms with van der Waals surface area (Å²) in [7, 11) is 1.63. The Hall–Kier alpha value is -2.14. The normalized spacial score (nSPS) is 12.1. The molecule has 0 aliphatic carbocycles. The lowest BCUT2D eigenvalue weighted by Crippen LogP contribution is -2.31. The molecule has 0 spiro atoms. The first-order valence-electron chi connectivity index (χ1n) is 8.85. The maximum atomic E-state index is 12.4. The van der Waals surface area contributed by atoms with Gasteiger partial charge in [0.2, 0.25) is 5.91 Å². The fourth-order valence-electron chi connectivity index (χ4n) is 2.96. The molecular weight excluding hydrogens is 346 g/mol. The van der Waals surface area contributed by atoms with E-state index in [1.807, 2.05) is 44.2 Å². The summed E-state index contributed by atoms with van der Waals surface area (Å²) in [4.78, 5) is 26.9. The number of amides is 1. The topological polar surface area (TPSA) is 55.4 Å². The van der Waals surface area contributed by atoms with Crippen LogP contribution in [-0.4, -0.2) is 18.8 Å². The first-order chi connectivity index (χ1) is 12.3. The van der Waals surface area contributed by atoms with Crippen molar-refractivity contribution in [2.24, 2.45) is 5.92 Å². The summed E-state index contributed by atoms with van der Waals surface area (Å²) in [6.07, 6.45) is 0.433. The number of hydrogen-bond acceptors (Lipinski definition) is 4. The van der Waals surface area contributed by atoms with E-state index >= 15 is 0 Å². The van der Waals surface area contributed by atoms with Crippen LogP contribution in [0.5, 0.6) is 5.75 Å². The Labute approximate surface area is 159 Å². The molecule has 1 atom stereocenters. The second kappa shape index (κ2) is 8.99. The number of ketones is 1. The third-order valence-electron chi connectivity index (χ3n) is 4.38. The molecule has 1 amide bonds. The minimum absolute atomic E-state index is 0.0348. The minimum atomic E-state index is -0.0996. The lowest BCUT2D eigenvalue weighted by molar-refractivity contribution is -0.122. The monoisotopic (exact) mass is 373 g/mol. The molecule has 1 N–H and O–H groups in total. The minimum Gasteiger partial charge on any atom is -0.497 e. The van der Waals surface area contributed by atoms with Crippen LogP contribution in [0, 0.1) is 19.8 Å². The third kappa shape index (κ3) is 5.18. The Morgan fingerprint density at radius 1 is 1.12 bits per heavy atom. The molecule has 140 valence electrons. The fraction of sp³-hybridized carbons (Fsp3) is 0.429. The third-order valence-corrected chi connectivity index (χ3v) is 5.34. The molecule has 0 saturated carbocycles. The average Bonchev–Trinajstić information content (AvgIpc) is 2.95. The molecule has 0 aliphatic heterocycles. The molecule has 2 rings (SSSR count). The van der Waals surface area contributed by atoms with Crippen molar-refractivity contribution in [2.45, 2.75) is 46.6 Å². The maximum Gasteiger partial charge on any atom is 0.220 e. The summed E-state index contributed by atoms with van der Waals surface area (Å²) in [5.74, 6) is 0.962. The van der Waals surface area contributed by atoms with Gasteiger partial charge in [-0.25, -0.2) is 0 Å². The highest BCUT2D eigenvalue weighted by Gasteiger charge is 2.20. The van der Waals surface area contributed by atoms with Gasteiger partial charge in [-0.2, -0.15) is 0 Å². The Balaban J connectivity index is 1.97. The maximum absolute atomic E-state index is 12.4. The lowest BCUT2D eigenvalue weighted by Gasteiger charge is -2.23. The van der Waals surface area contributed by atoms with E-state index in [1.165, 1.54) is 0 Å². The number of carbonyl (C=O) groups is 2. The number of methoxy groups -OCH3 is 1. The summed E-state index contributed by atoms with van der Waals surface area (Å²) in [6.45, 7) is 8.07. The summed E-state index contributed by atoms with van der Waals surface area (Å²) >= 11 is 1.61. The van der Waals surface area contributed by atoms with Crippen molar-refractivity contribution in [3.63, 3.8) is 0 Å². The van der Waals surface area contributed by atoms with Crippen LogP contribution in [0.15, 0.2) is 30.3 Å². The number of nitrogens with one attached hydrogen (secondary N) is 1. The predicted octanol–water partition coefficient (Wildman–Crippen LogP) is 4.85. The van der Waals surface area contributed by atoms with E-state index in [4.69, 9.17) is 4.74 Å². The van der Waals surface area contributed by atoms with E-state index < -0.39 is 0 Å². The molecule has 2 aromatic rings. The Kier molecular flexibility index (Phi) is 6.98. The second-order valence-electron chi connectivity index (χ2n) is 6.81. The number of benzene rings is 1. The quantitative estimate of drug-likeness (QED) is 0.673. The van der Waals surface area contributed by atoms with Crippen LogP contribution in [0.2, 0.25) is 0 Å². The van der Waals surface area contributed by atoms with Crippen LogP contribution in [-0.2, 0) is 4.79 Å². The van der Waals surface area contributed by atoms with Crippen molar-refractivity contribution in [1.29, 1.82) is 0 Å². The number of rotatable bonds is 8. The number of Topliss-reactive ketones (excluding diaryl/α,β-unsaturated/α-hetero) is 1. The van der Waals surface area contributed by atoms with Crippen molar-refractivity contribution in [2.75, 3.05) is 7.11 Å². The van der Waals surface area contributed by atoms with Crippen LogP contribution in [0.3, 0.4) is 0 Å². The molecule has 4 nitrogen and oxygen atoms in total. The SMILES string of the molecule is COc1ccc(C(NC(=O)CCC(=O)c2cc(C)sc2C)C(C)C)cc1. The van der Waals surface area contributed by atoms with Crippen molar-refractivity contribution in [1.82, 2.24) is 5.32 Å². The smallest absolute Gasteiger partial charge is 0.220 e. The van der Waals surface area contributed by atoms with Gasteiger partial charge in [0.25, 0.3) is 0 Å². The van der Waals surface area contributed by atoms with Crippen LogP contribution < -0.4 is 10.1 Å². The van der Waals surface area contributed by atoms with Gasteiger partial charge in [0.15, 0.2) is 5.78 Å². The molecule has 1 aromatic carbocycles. The van der Waals surface area contributed by atoms with Gasteiger partial charge in [-0.1, -0.05) is 26.0 Å². The average molecular weight is 374 g/mol. The van der Waals surface area contributed by atoms with Gasteiger partial charge in [-0.15, -0.1) is 11.3 Å². The number of hydrogen-bond donors (Lipinski definition) is 1. The Bertz CT molecular complexity index is 762. The molecule has 1 heterocycles. The molecule has 0 saturated heterocycles. The zero-order chi connectivity index (χ0) is 19.3. The first kappa shape index (κ1) is 20.2. The van der Waals surface area contributed by atoms with E-state index in [0.717, 1.165) is 26.6 Å². The zero-order valence-corrected chi connectivity index (χ0v) is 16.9. The number of carbonyl (C=O) groups excluding carboxylic acids is 2. The van der Waals surface area contributed by atoms with Crippen molar-refractivity contribution in [3.8, 4) is 5.75 Å². The predicted molar refractivity (Wildman–Crippen MR) is 106 cm³/mol. The highest BCUT2D eigenvalue weighted by Crippen LogP contribution is 2.25. The van der Waals surface area contributed by atoms with Crippen molar-refractivity contribution in [3.05, 3.63) is 51.2 Å². The van der Waals surface area contributed by atoms with Gasteiger partial charge in [0.05, 0.1) is 13.2 Å². The van der Waals surface area contributed by atoms with Gasteiger partial charge in [-0.05, 0) is 43.5 Å². The van der Waals surface area contributed by atoms with E-state index in [9.17, 15) is 9.59 Å². The highest BCUT2D eigenvalue weighted by molar-refractivity contribution is 7.12. The molecule has 0 bridgehead atoms. The summed E-state index contributed by atoms with van der Waals surface area (Å²) < 4.78 is 5.18. The number of thiophene rings is 1. The van der Waals surface area contributed by atoms with E-state index in [0.29, 0.717) is 0 Å². The number of aryl methyl sites for hydroxylation is 2. The van der Waals surface area contributed by atoms with Crippen molar-refractivity contribution >= 4 is 23.0 Å². The molecule has 0 radical (unpaired) electrons. The Morgan fingerprint density at radius 2 is 1.77 bits per heavy atom. The molecule has 1 aromatic heterocycles. The van der Waals surface area contributed by atoms with E-state index in [2.05, 4.69) is 19.2 Å². The summed E-state index contributed by atoms with van der Waals surface area (Å²) in [6, 6.07) is 9.53. The van der Waals surface area contributed by atoms with Crippen LogP contribution in [0.1, 0.15) is 58.4 Å². The van der Waals surface area contributed by atoms with Gasteiger partial charge < -0.3 is 10.1 Å². The largest absolute Gasteiger partial charge is 0.497 e. The van der Waals surface area contributed by atoms with Crippen molar-refractivity contribution < 1.29 is 14.3 Å². The molecule has 1 unspecified atom stereocenters. The molecular formula is C21H27NO3S. The molecule has 0 fully saturated rings. The lowest BCUT2D eigenvalue weighted by atomic mass is 9.95.